The lowest BCUT2D eigenvalue weighted by atomic mass is 9.96. The number of aryl methyl sites for hydroxylation is 1. The summed E-state index contributed by atoms with van der Waals surface area (Å²) in [5.41, 5.74) is 2.62. The van der Waals surface area contributed by atoms with Crippen LogP contribution in [0.1, 0.15) is 36.4 Å². The van der Waals surface area contributed by atoms with Gasteiger partial charge < -0.3 is 10.1 Å². The van der Waals surface area contributed by atoms with Crippen molar-refractivity contribution in [3.05, 3.63) is 29.3 Å². The van der Waals surface area contributed by atoms with E-state index in [2.05, 4.69) is 30.4 Å². The molecule has 2 rings (SSSR count). The number of benzene rings is 1. The van der Waals surface area contributed by atoms with E-state index in [-0.39, 0.29) is 0 Å². The zero-order valence-corrected chi connectivity index (χ0v) is 9.55. The van der Waals surface area contributed by atoms with Gasteiger partial charge in [-0.05, 0) is 43.5 Å². The first kappa shape index (κ1) is 10.5. The van der Waals surface area contributed by atoms with Gasteiger partial charge in [-0.1, -0.05) is 18.6 Å². The fourth-order valence-electron chi connectivity index (χ4n) is 2.25. The monoisotopic (exact) mass is 205 g/mol. The zero-order chi connectivity index (χ0) is 10.7. The van der Waals surface area contributed by atoms with Crippen LogP contribution in [0.3, 0.4) is 0 Å². The molecule has 15 heavy (non-hydrogen) atoms. The molecule has 1 aromatic rings. The highest BCUT2D eigenvalue weighted by Gasteiger charge is 2.15. The van der Waals surface area contributed by atoms with Crippen LogP contribution in [0.15, 0.2) is 18.2 Å². The number of hydrogen-bond acceptors (Lipinski definition) is 2. The van der Waals surface area contributed by atoms with Crippen molar-refractivity contribution >= 4 is 0 Å². The van der Waals surface area contributed by atoms with E-state index >= 15 is 0 Å². The molecule has 82 valence electrons. The van der Waals surface area contributed by atoms with Crippen molar-refractivity contribution in [1.29, 1.82) is 0 Å². The maximum atomic E-state index is 5.27. The van der Waals surface area contributed by atoms with Gasteiger partial charge in [-0.15, -0.1) is 0 Å². The number of piperidine rings is 1. The Morgan fingerprint density at radius 2 is 2.20 bits per heavy atom. The summed E-state index contributed by atoms with van der Waals surface area (Å²) in [7, 11) is 1.72. The second kappa shape index (κ2) is 4.67. The maximum Gasteiger partial charge on any atom is 0.121 e. The van der Waals surface area contributed by atoms with E-state index in [4.69, 9.17) is 4.74 Å². The predicted octanol–water partition coefficient (Wildman–Crippen LogP) is 2.82. The third kappa shape index (κ3) is 2.32. The third-order valence-electron chi connectivity index (χ3n) is 3.13. The maximum absolute atomic E-state index is 5.27. The van der Waals surface area contributed by atoms with E-state index in [0.29, 0.717) is 6.04 Å². The Kier molecular flexibility index (Phi) is 3.27. The minimum absolute atomic E-state index is 0.545. The first-order valence-electron chi connectivity index (χ1n) is 5.69. The molecule has 2 heteroatoms. The smallest absolute Gasteiger partial charge is 0.121 e. The van der Waals surface area contributed by atoms with Gasteiger partial charge in [0.25, 0.3) is 0 Å². The summed E-state index contributed by atoms with van der Waals surface area (Å²) < 4.78 is 5.27. The summed E-state index contributed by atoms with van der Waals surface area (Å²) in [6.07, 6.45) is 3.90. The molecule has 1 saturated heterocycles. The van der Waals surface area contributed by atoms with Gasteiger partial charge in [0.05, 0.1) is 7.11 Å². The number of ether oxygens (including phenoxy) is 1. The summed E-state index contributed by atoms with van der Waals surface area (Å²) >= 11 is 0. The Morgan fingerprint density at radius 1 is 1.33 bits per heavy atom. The van der Waals surface area contributed by atoms with Gasteiger partial charge >= 0.3 is 0 Å². The minimum atomic E-state index is 0.545. The first-order valence-corrected chi connectivity index (χ1v) is 5.69. The molecule has 1 unspecified atom stereocenters. The van der Waals surface area contributed by atoms with E-state index < -0.39 is 0 Å². The molecule has 0 amide bonds. The lowest BCUT2D eigenvalue weighted by molar-refractivity contribution is 0.404. The lowest BCUT2D eigenvalue weighted by Gasteiger charge is -2.24. The summed E-state index contributed by atoms with van der Waals surface area (Å²) in [6, 6.07) is 7.03. The van der Waals surface area contributed by atoms with E-state index in [1.807, 2.05) is 0 Å². The molecular weight excluding hydrogens is 186 g/mol. The highest BCUT2D eigenvalue weighted by molar-refractivity contribution is 5.37. The van der Waals surface area contributed by atoms with Crippen molar-refractivity contribution in [2.45, 2.75) is 32.2 Å². The van der Waals surface area contributed by atoms with Crippen LogP contribution < -0.4 is 10.1 Å². The van der Waals surface area contributed by atoms with Gasteiger partial charge in [-0.2, -0.15) is 0 Å². The molecule has 1 aliphatic heterocycles. The van der Waals surface area contributed by atoms with E-state index in [0.717, 1.165) is 12.3 Å². The molecule has 2 nitrogen and oxygen atoms in total. The van der Waals surface area contributed by atoms with Crippen LogP contribution >= 0.6 is 0 Å². The van der Waals surface area contributed by atoms with Gasteiger partial charge in [0.2, 0.25) is 0 Å². The molecule has 0 aliphatic carbocycles. The van der Waals surface area contributed by atoms with Crippen LogP contribution in [-0.2, 0) is 0 Å². The number of nitrogens with one attached hydrogen (secondary N) is 1. The van der Waals surface area contributed by atoms with Crippen LogP contribution in [0.4, 0.5) is 0 Å². The van der Waals surface area contributed by atoms with Crippen molar-refractivity contribution < 1.29 is 4.74 Å². The fraction of sp³-hybridized carbons (Fsp3) is 0.538. The minimum Gasteiger partial charge on any atom is -0.496 e. The number of rotatable bonds is 2. The van der Waals surface area contributed by atoms with Crippen LogP contribution in [0.5, 0.6) is 5.75 Å². The first-order chi connectivity index (χ1) is 7.31. The van der Waals surface area contributed by atoms with E-state index in [9.17, 15) is 0 Å². The molecule has 1 fully saturated rings. The second-order valence-corrected chi connectivity index (χ2v) is 4.23. The second-order valence-electron chi connectivity index (χ2n) is 4.23. The Hall–Kier alpha value is -1.02. The molecule has 0 spiro atoms. The average Bonchev–Trinajstić information content (AvgIpc) is 2.30. The third-order valence-corrected chi connectivity index (χ3v) is 3.13. The Labute approximate surface area is 91.6 Å². The molecule has 0 aromatic heterocycles. The molecule has 1 aromatic carbocycles. The van der Waals surface area contributed by atoms with Gasteiger partial charge in [0.15, 0.2) is 0 Å². The van der Waals surface area contributed by atoms with Crippen LogP contribution in [0, 0.1) is 6.92 Å². The summed E-state index contributed by atoms with van der Waals surface area (Å²) in [6.45, 7) is 3.25. The van der Waals surface area contributed by atoms with Gasteiger partial charge in [0.1, 0.15) is 5.75 Å². The van der Waals surface area contributed by atoms with Crippen LogP contribution in [0.2, 0.25) is 0 Å². The molecule has 1 atom stereocenters. The largest absolute Gasteiger partial charge is 0.496 e. The molecule has 1 N–H and O–H groups in total. The van der Waals surface area contributed by atoms with E-state index in [1.54, 1.807) is 7.11 Å². The highest BCUT2D eigenvalue weighted by Crippen LogP contribution is 2.27. The standard InChI is InChI=1S/C13H19NO/c1-10-9-11(6-7-13(10)15-2)12-5-3-4-8-14-12/h6-7,9,12,14H,3-5,8H2,1-2H3. The lowest BCUT2D eigenvalue weighted by Crippen LogP contribution is -2.26. The molecule has 1 heterocycles. The van der Waals surface area contributed by atoms with E-state index in [1.165, 1.54) is 30.4 Å². The normalized spacial score (nSPS) is 21.3. The average molecular weight is 205 g/mol. The Morgan fingerprint density at radius 3 is 2.80 bits per heavy atom. The number of hydrogen-bond donors (Lipinski definition) is 1. The van der Waals surface area contributed by atoms with Gasteiger partial charge in [0, 0.05) is 6.04 Å². The summed E-state index contributed by atoms with van der Waals surface area (Å²) in [4.78, 5) is 0. The van der Waals surface area contributed by atoms with Crippen molar-refractivity contribution in [1.82, 2.24) is 5.32 Å². The predicted molar refractivity (Wildman–Crippen MR) is 62.3 cm³/mol. The van der Waals surface area contributed by atoms with Gasteiger partial charge in [-0.25, -0.2) is 0 Å². The molecule has 0 saturated carbocycles. The van der Waals surface area contributed by atoms with Crippen LogP contribution in [0.25, 0.3) is 0 Å². The molecule has 1 aliphatic rings. The fourth-order valence-corrected chi connectivity index (χ4v) is 2.25. The molecular formula is C13H19NO. The van der Waals surface area contributed by atoms with Gasteiger partial charge in [-0.3, -0.25) is 0 Å². The highest BCUT2D eigenvalue weighted by atomic mass is 16.5. The zero-order valence-electron chi connectivity index (χ0n) is 9.55. The summed E-state index contributed by atoms with van der Waals surface area (Å²) in [5.74, 6) is 0.981. The Bertz CT molecular complexity index is 329. The summed E-state index contributed by atoms with van der Waals surface area (Å²) in [5, 5.41) is 3.56. The topological polar surface area (TPSA) is 21.3 Å². The number of methoxy groups -OCH3 is 1. The Balaban J connectivity index is 2.17. The quantitative estimate of drug-likeness (QED) is 0.801. The molecule has 0 radical (unpaired) electrons. The van der Waals surface area contributed by atoms with Crippen LogP contribution in [-0.4, -0.2) is 13.7 Å². The SMILES string of the molecule is COc1ccc(C2CCCCN2)cc1C. The van der Waals surface area contributed by atoms with Crippen molar-refractivity contribution in [2.75, 3.05) is 13.7 Å². The van der Waals surface area contributed by atoms with Crippen molar-refractivity contribution in [3.63, 3.8) is 0 Å². The van der Waals surface area contributed by atoms with Crippen molar-refractivity contribution in [2.24, 2.45) is 0 Å². The van der Waals surface area contributed by atoms with Crippen molar-refractivity contribution in [3.8, 4) is 5.75 Å². The molecule has 0 bridgehead atoms.